The summed E-state index contributed by atoms with van der Waals surface area (Å²) in [4.78, 5) is 6.72. The molecule has 1 fully saturated rings. The van der Waals surface area contributed by atoms with Crippen molar-refractivity contribution in [1.82, 2.24) is 4.90 Å². The molecule has 6 heteroatoms. The second kappa shape index (κ2) is 18.4. The van der Waals surface area contributed by atoms with Crippen molar-refractivity contribution in [2.24, 2.45) is 10.7 Å². The van der Waals surface area contributed by atoms with Gasteiger partial charge in [-0.25, -0.2) is 13.8 Å². The Bertz CT molecular complexity index is 848. The highest BCUT2D eigenvalue weighted by Gasteiger charge is 2.20. The third kappa shape index (κ3) is 10.8. The lowest BCUT2D eigenvalue weighted by Gasteiger charge is -2.34. The van der Waals surface area contributed by atoms with Gasteiger partial charge in [0.1, 0.15) is 17.5 Å². The highest BCUT2D eigenvalue weighted by molar-refractivity contribution is 5.66. The molecule has 1 aliphatic heterocycles. The maximum atomic E-state index is 13.4. The summed E-state index contributed by atoms with van der Waals surface area (Å²) in [6, 6.07) is 11.7. The topological polar surface area (TPSA) is 53.6 Å². The number of hydrogen-bond acceptors (Lipinski definition) is 4. The summed E-state index contributed by atoms with van der Waals surface area (Å²) in [7, 11) is 1.50. The number of nitrogens with zero attached hydrogens (tertiary/aromatic N) is 2. The number of hydrogen-bond donors (Lipinski definition) is 2. The molecule has 0 aromatic heterocycles. The van der Waals surface area contributed by atoms with Crippen LogP contribution in [-0.4, -0.2) is 37.3 Å². The van der Waals surface area contributed by atoms with Gasteiger partial charge in [-0.15, -0.1) is 6.58 Å². The van der Waals surface area contributed by atoms with E-state index in [1.54, 1.807) is 6.08 Å². The molecule has 0 bridgehead atoms. The fourth-order valence-corrected chi connectivity index (χ4v) is 3.44. The van der Waals surface area contributed by atoms with Gasteiger partial charge in [-0.3, -0.25) is 0 Å². The third-order valence-corrected chi connectivity index (χ3v) is 4.79. The van der Waals surface area contributed by atoms with Crippen LogP contribution in [0, 0.1) is 11.6 Å². The van der Waals surface area contributed by atoms with Gasteiger partial charge in [0, 0.05) is 37.1 Å². The summed E-state index contributed by atoms with van der Waals surface area (Å²) in [6.45, 7) is 15.1. The van der Waals surface area contributed by atoms with Gasteiger partial charge in [0.15, 0.2) is 0 Å². The Morgan fingerprint density at radius 3 is 1.91 bits per heavy atom. The molecule has 1 saturated heterocycles. The molecular weight excluding hydrogens is 430 g/mol. The first-order valence-corrected chi connectivity index (χ1v) is 11.9. The molecule has 3 N–H and O–H groups in total. The molecule has 0 spiro atoms. The van der Waals surface area contributed by atoms with Crippen LogP contribution in [0.2, 0.25) is 0 Å². The van der Waals surface area contributed by atoms with Crippen molar-refractivity contribution < 1.29 is 8.78 Å². The van der Waals surface area contributed by atoms with Crippen LogP contribution >= 0.6 is 0 Å². The zero-order valence-electron chi connectivity index (χ0n) is 21.6. The van der Waals surface area contributed by atoms with E-state index < -0.39 is 11.6 Å². The van der Waals surface area contributed by atoms with E-state index in [1.165, 1.54) is 19.2 Å². The zero-order chi connectivity index (χ0) is 25.9. The first kappa shape index (κ1) is 31.0. The van der Waals surface area contributed by atoms with Gasteiger partial charge >= 0.3 is 0 Å². The fourth-order valence-electron chi connectivity index (χ4n) is 3.44. The molecule has 0 unspecified atom stereocenters. The smallest absolute Gasteiger partial charge is 0.126 e. The number of piperidine rings is 1. The lowest BCUT2D eigenvalue weighted by molar-refractivity contribution is 0.269. The Morgan fingerprint density at radius 2 is 1.47 bits per heavy atom. The molecule has 3 rings (SSSR count). The standard InChI is InChI=1S/C22H25F2N3.C3H6.C2H6.CH5N/c1-3-22(25-4-2)27-11-9-21(10-12-27)26-20-7-5-16(6-8-20)17-13-18(23)15-19(24)14-17;1-3-2;2*1-2/h3-8,13-15,21,26H,9-12H2,1-2H3;3H,1H2,2H3;1-2H3;2H2,1H3/b22-3+,25-4-;;;. The summed E-state index contributed by atoms with van der Waals surface area (Å²) < 4.78 is 26.8. The summed E-state index contributed by atoms with van der Waals surface area (Å²) in [6.07, 6.45) is 7.69. The van der Waals surface area contributed by atoms with Gasteiger partial charge in [-0.05, 0) is 82.1 Å². The Kier molecular flexibility index (Phi) is 16.8. The van der Waals surface area contributed by atoms with Gasteiger partial charge in [0.25, 0.3) is 0 Å². The van der Waals surface area contributed by atoms with Crippen LogP contribution in [0.3, 0.4) is 0 Å². The lowest BCUT2D eigenvalue weighted by Crippen LogP contribution is -2.38. The largest absolute Gasteiger partial charge is 0.382 e. The molecule has 0 radical (unpaired) electrons. The first-order chi connectivity index (χ1) is 16.5. The summed E-state index contributed by atoms with van der Waals surface area (Å²) in [5.41, 5.74) is 6.86. The molecule has 0 atom stereocenters. The molecule has 1 heterocycles. The maximum Gasteiger partial charge on any atom is 0.126 e. The van der Waals surface area contributed by atoms with Crippen molar-refractivity contribution in [3.63, 3.8) is 0 Å². The average molecular weight is 473 g/mol. The first-order valence-electron chi connectivity index (χ1n) is 11.9. The number of nitrogens with one attached hydrogen (secondary N) is 1. The monoisotopic (exact) mass is 472 g/mol. The van der Waals surface area contributed by atoms with Crippen molar-refractivity contribution in [2.75, 3.05) is 25.5 Å². The molecule has 0 saturated carbocycles. The van der Waals surface area contributed by atoms with Crippen LogP contribution in [0.4, 0.5) is 14.5 Å². The minimum Gasteiger partial charge on any atom is -0.382 e. The lowest BCUT2D eigenvalue weighted by atomic mass is 10.0. The second-order valence-corrected chi connectivity index (χ2v) is 7.08. The van der Waals surface area contributed by atoms with Crippen LogP contribution in [0.25, 0.3) is 11.1 Å². The predicted molar refractivity (Wildman–Crippen MR) is 145 cm³/mol. The van der Waals surface area contributed by atoms with Crippen LogP contribution in [0.5, 0.6) is 0 Å². The van der Waals surface area contributed by atoms with E-state index in [-0.39, 0.29) is 0 Å². The van der Waals surface area contributed by atoms with Gasteiger partial charge in [-0.1, -0.05) is 32.1 Å². The number of allylic oxidation sites excluding steroid dienone is 2. The highest BCUT2D eigenvalue weighted by atomic mass is 19.1. The van der Waals surface area contributed by atoms with E-state index in [9.17, 15) is 8.78 Å². The van der Waals surface area contributed by atoms with Crippen molar-refractivity contribution in [3.05, 3.63) is 78.7 Å². The van der Waals surface area contributed by atoms with Crippen molar-refractivity contribution in [3.8, 4) is 11.1 Å². The van der Waals surface area contributed by atoms with Gasteiger partial charge in [0.05, 0.1) is 0 Å². The Hall–Kier alpha value is -2.99. The molecular formula is C28H42F2N4. The molecule has 34 heavy (non-hydrogen) atoms. The SMILES string of the molecule is C/C=N\C(=C/C)N1CCC(Nc2ccc(-c3cc(F)cc(F)c3)cc2)CC1.C=CC.CC.CN. The summed E-state index contributed by atoms with van der Waals surface area (Å²) >= 11 is 0. The number of likely N-dealkylation sites (tertiary alicyclic amines) is 1. The molecule has 2 aromatic carbocycles. The van der Waals surface area contributed by atoms with Gasteiger partial charge < -0.3 is 16.0 Å². The number of benzene rings is 2. The molecule has 188 valence electrons. The van der Waals surface area contributed by atoms with Crippen LogP contribution in [0.1, 0.15) is 47.5 Å². The summed E-state index contributed by atoms with van der Waals surface area (Å²) in [5.74, 6) is -0.0960. The van der Waals surface area contributed by atoms with Crippen LogP contribution < -0.4 is 11.1 Å². The van der Waals surface area contributed by atoms with Crippen LogP contribution in [-0.2, 0) is 0 Å². The number of halogens is 2. The van der Waals surface area contributed by atoms with Gasteiger partial charge in [0.2, 0.25) is 0 Å². The maximum absolute atomic E-state index is 13.4. The van der Waals surface area contributed by atoms with Crippen molar-refractivity contribution in [2.45, 2.75) is 53.5 Å². The zero-order valence-corrected chi connectivity index (χ0v) is 21.6. The van der Waals surface area contributed by atoms with Gasteiger partial charge in [-0.2, -0.15) is 0 Å². The van der Waals surface area contributed by atoms with E-state index in [0.29, 0.717) is 11.6 Å². The molecule has 0 amide bonds. The number of anilines is 1. The quantitative estimate of drug-likeness (QED) is 0.356. The second-order valence-electron chi connectivity index (χ2n) is 7.08. The number of aliphatic imine (C=N–C) groups is 1. The molecule has 1 aliphatic rings. The minimum absolute atomic E-state index is 0.405. The average Bonchev–Trinajstić information content (AvgIpc) is 2.86. The van der Waals surface area contributed by atoms with E-state index in [2.05, 4.69) is 27.5 Å². The predicted octanol–water partition coefficient (Wildman–Crippen LogP) is 7.25. The van der Waals surface area contributed by atoms with E-state index in [1.807, 2.05) is 71.2 Å². The van der Waals surface area contributed by atoms with Crippen molar-refractivity contribution in [1.29, 1.82) is 0 Å². The van der Waals surface area contributed by atoms with E-state index in [4.69, 9.17) is 0 Å². The van der Waals surface area contributed by atoms with Crippen molar-refractivity contribution >= 4 is 11.9 Å². The molecule has 4 nitrogen and oxygen atoms in total. The molecule has 0 aliphatic carbocycles. The van der Waals surface area contributed by atoms with Crippen LogP contribution in [0.15, 0.2) is 72.0 Å². The van der Waals surface area contributed by atoms with E-state index in [0.717, 1.165) is 49.1 Å². The van der Waals surface area contributed by atoms with E-state index >= 15 is 0 Å². The molecule has 2 aromatic rings. The fraction of sp³-hybridized carbons (Fsp3) is 0.393. The summed E-state index contributed by atoms with van der Waals surface area (Å²) in [5, 5.41) is 3.56. The Balaban J connectivity index is 0.00000141. The highest BCUT2D eigenvalue weighted by Crippen LogP contribution is 2.25. The Labute approximate surface area is 205 Å². The minimum atomic E-state index is -0.563. The Morgan fingerprint density at radius 1 is 0.971 bits per heavy atom. The third-order valence-electron chi connectivity index (χ3n) is 4.79. The normalized spacial score (nSPS) is 13.6. The number of nitrogens with two attached hydrogens (primary N) is 1. The number of rotatable bonds is 5.